The quantitative estimate of drug-likeness (QED) is 0.381. The molecule has 0 atom stereocenters. The topological polar surface area (TPSA) is 81.2 Å². The number of nitro groups is 1. The van der Waals surface area contributed by atoms with E-state index in [1.54, 1.807) is 23.9 Å². The zero-order valence-corrected chi connectivity index (χ0v) is 11.8. The van der Waals surface area contributed by atoms with Crippen LogP contribution >= 0.6 is 11.8 Å². The van der Waals surface area contributed by atoms with Gasteiger partial charge in [0.25, 0.3) is 5.69 Å². The van der Waals surface area contributed by atoms with E-state index in [0.29, 0.717) is 5.69 Å². The first-order chi connectivity index (χ1) is 9.60. The molecular formula is C14H15N3O2S. The Kier molecular flexibility index (Phi) is 4.60. The van der Waals surface area contributed by atoms with Crippen LogP contribution < -0.4 is 11.3 Å². The third-order valence-electron chi connectivity index (χ3n) is 2.81. The molecule has 2 aromatic carbocycles. The third kappa shape index (κ3) is 3.49. The molecule has 0 fully saturated rings. The average Bonchev–Trinajstić information content (AvgIpc) is 2.44. The normalized spacial score (nSPS) is 10.3. The Hall–Kier alpha value is -2.05. The maximum atomic E-state index is 10.8. The van der Waals surface area contributed by atoms with E-state index in [9.17, 15) is 10.1 Å². The summed E-state index contributed by atoms with van der Waals surface area (Å²) in [6, 6.07) is 13.2. The molecule has 104 valence electrons. The van der Waals surface area contributed by atoms with Crippen LogP contribution in [0.4, 0.5) is 11.4 Å². The summed E-state index contributed by atoms with van der Waals surface area (Å²) in [6.45, 7) is 2.05. The monoisotopic (exact) mass is 289 g/mol. The number of nitrogens with two attached hydrogens (primary N) is 1. The lowest BCUT2D eigenvalue weighted by atomic mass is 10.2. The highest BCUT2D eigenvalue weighted by atomic mass is 32.2. The molecule has 0 saturated heterocycles. The molecule has 20 heavy (non-hydrogen) atoms. The van der Waals surface area contributed by atoms with E-state index in [0.717, 1.165) is 11.3 Å². The summed E-state index contributed by atoms with van der Waals surface area (Å²) in [5.74, 6) is 6.06. The standard InChI is InChI=1S/C14H15N3O2S/c1-10-3-2-4-12(7-10)20-9-11-5-6-14(17(18)19)13(8-11)16-15/h2-8,16H,9,15H2,1H3. The van der Waals surface area contributed by atoms with Gasteiger partial charge in [-0.2, -0.15) is 0 Å². The van der Waals surface area contributed by atoms with Crippen LogP contribution in [-0.2, 0) is 5.75 Å². The van der Waals surface area contributed by atoms with Gasteiger partial charge in [0.15, 0.2) is 0 Å². The van der Waals surface area contributed by atoms with Crippen molar-refractivity contribution in [2.75, 3.05) is 5.43 Å². The fourth-order valence-electron chi connectivity index (χ4n) is 1.82. The second kappa shape index (κ2) is 6.40. The summed E-state index contributed by atoms with van der Waals surface area (Å²) in [5, 5.41) is 10.8. The Bertz CT molecular complexity index is 632. The third-order valence-corrected chi connectivity index (χ3v) is 3.87. The Morgan fingerprint density at radius 1 is 1.30 bits per heavy atom. The van der Waals surface area contributed by atoms with Gasteiger partial charge < -0.3 is 5.43 Å². The number of anilines is 1. The van der Waals surface area contributed by atoms with E-state index in [2.05, 4.69) is 11.5 Å². The number of nitro benzene ring substituents is 1. The minimum Gasteiger partial charge on any atom is -0.318 e. The number of rotatable bonds is 5. The van der Waals surface area contributed by atoms with Crippen molar-refractivity contribution in [1.29, 1.82) is 0 Å². The summed E-state index contributed by atoms with van der Waals surface area (Å²) < 4.78 is 0. The summed E-state index contributed by atoms with van der Waals surface area (Å²) >= 11 is 1.68. The minimum absolute atomic E-state index is 0.0168. The molecule has 5 nitrogen and oxygen atoms in total. The second-order valence-corrected chi connectivity index (χ2v) is 5.41. The summed E-state index contributed by atoms with van der Waals surface area (Å²) in [5.41, 5.74) is 4.88. The van der Waals surface area contributed by atoms with Crippen molar-refractivity contribution >= 4 is 23.1 Å². The van der Waals surface area contributed by atoms with E-state index >= 15 is 0 Å². The van der Waals surface area contributed by atoms with Gasteiger partial charge in [-0.1, -0.05) is 23.8 Å². The molecule has 0 heterocycles. The first-order valence-corrected chi connectivity index (χ1v) is 7.02. The van der Waals surface area contributed by atoms with E-state index in [4.69, 9.17) is 5.84 Å². The molecule has 0 amide bonds. The molecule has 3 N–H and O–H groups in total. The lowest BCUT2D eigenvalue weighted by molar-refractivity contribution is -0.384. The summed E-state index contributed by atoms with van der Waals surface area (Å²) in [7, 11) is 0. The lowest BCUT2D eigenvalue weighted by Crippen LogP contribution is -2.09. The predicted molar refractivity (Wildman–Crippen MR) is 81.6 cm³/mol. The van der Waals surface area contributed by atoms with E-state index in [-0.39, 0.29) is 5.69 Å². The number of hydrazine groups is 1. The maximum absolute atomic E-state index is 10.8. The lowest BCUT2D eigenvalue weighted by Gasteiger charge is -2.06. The molecule has 2 aromatic rings. The van der Waals surface area contributed by atoms with Crippen LogP contribution in [0.5, 0.6) is 0 Å². The van der Waals surface area contributed by atoms with Crippen LogP contribution in [0.15, 0.2) is 47.4 Å². The fraction of sp³-hybridized carbons (Fsp3) is 0.143. The number of nitrogens with zero attached hydrogens (tertiary/aromatic N) is 1. The van der Waals surface area contributed by atoms with E-state index in [1.807, 2.05) is 25.1 Å². The molecule has 0 radical (unpaired) electrons. The van der Waals surface area contributed by atoms with Gasteiger partial charge in [-0.15, -0.1) is 11.8 Å². The molecule has 2 rings (SSSR count). The van der Waals surface area contributed by atoms with Gasteiger partial charge in [-0.05, 0) is 30.7 Å². The van der Waals surface area contributed by atoms with Crippen LogP contribution in [0.1, 0.15) is 11.1 Å². The zero-order valence-electron chi connectivity index (χ0n) is 11.0. The van der Waals surface area contributed by atoms with Crippen molar-refractivity contribution in [3.63, 3.8) is 0 Å². The number of aryl methyl sites for hydroxylation is 1. The SMILES string of the molecule is Cc1cccc(SCc2ccc([N+](=O)[O-])c(NN)c2)c1. The Balaban J connectivity index is 2.12. The molecule has 0 aliphatic rings. The molecule has 0 aliphatic heterocycles. The summed E-state index contributed by atoms with van der Waals surface area (Å²) in [4.78, 5) is 11.5. The highest BCUT2D eigenvalue weighted by molar-refractivity contribution is 7.98. The van der Waals surface area contributed by atoms with E-state index in [1.165, 1.54) is 16.5 Å². The fourth-order valence-corrected chi connectivity index (χ4v) is 2.78. The number of hydrogen-bond donors (Lipinski definition) is 2. The predicted octanol–water partition coefficient (Wildman–Crippen LogP) is 3.48. The Labute approximate surface area is 121 Å². The molecular weight excluding hydrogens is 274 g/mol. The van der Waals surface area contributed by atoms with Gasteiger partial charge in [-0.25, -0.2) is 0 Å². The number of nitrogen functional groups attached to an aromatic ring is 1. The molecule has 0 aliphatic carbocycles. The number of nitrogens with one attached hydrogen (secondary N) is 1. The number of thioether (sulfide) groups is 1. The summed E-state index contributed by atoms with van der Waals surface area (Å²) in [6.07, 6.45) is 0. The molecule has 0 saturated carbocycles. The molecule has 0 bridgehead atoms. The highest BCUT2D eigenvalue weighted by Crippen LogP contribution is 2.28. The largest absolute Gasteiger partial charge is 0.318 e. The van der Waals surface area contributed by atoms with Gasteiger partial charge in [0, 0.05) is 16.7 Å². The van der Waals surface area contributed by atoms with Crippen LogP contribution in [-0.4, -0.2) is 4.92 Å². The zero-order chi connectivity index (χ0) is 14.5. The molecule has 6 heteroatoms. The average molecular weight is 289 g/mol. The van der Waals surface area contributed by atoms with Crippen molar-refractivity contribution in [3.05, 3.63) is 63.7 Å². The van der Waals surface area contributed by atoms with Crippen molar-refractivity contribution < 1.29 is 4.92 Å². The molecule has 0 aromatic heterocycles. The van der Waals surface area contributed by atoms with Gasteiger partial charge in [0.1, 0.15) is 5.69 Å². The van der Waals surface area contributed by atoms with Crippen molar-refractivity contribution in [2.24, 2.45) is 5.84 Å². The molecule has 0 spiro atoms. The van der Waals surface area contributed by atoms with Crippen LogP contribution in [0, 0.1) is 17.0 Å². The smallest absolute Gasteiger partial charge is 0.293 e. The van der Waals surface area contributed by atoms with Crippen molar-refractivity contribution in [2.45, 2.75) is 17.6 Å². The minimum atomic E-state index is -0.452. The van der Waals surface area contributed by atoms with Crippen LogP contribution in [0.3, 0.4) is 0 Å². The van der Waals surface area contributed by atoms with Gasteiger partial charge in [0.2, 0.25) is 0 Å². The maximum Gasteiger partial charge on any atom is 0.293 e. The molecule has 0 unspecified atom stereocenters. The van der Waals surface area contributed by atoms with Crippen molar-refractivity contribution in [1.82, 2.24) is 0 Å². The number of benzene rings is 2. The first kappa shape index (κ1) is 14.4. The highest BCUT2D eigenvalue weighted by Gasteiger charge is 2.13. The first-order valence-electron chi connectivity index (χ1n) is 6.03. The van der Waals surface area contributed by atoms with Gasteiger partial charge >= 0.3 is 0 Å². The Morgan fingerprint density at radius 2 is 2.10 bits per heavy atom. The van der Waals surface area contributed by atoms with Crippen LogP contribution in [0.2, 0.25) is 0 Å². The van der Waals surface area contributed by atoms with E-state index < -0.39 is 4.92 Å². The van der Waals surface area contributed by atoms with Crippen molar-refractivity contribution in [3.8, 4) is 0 Å². The number of hydrogen-bond acceptors (Lipinski definition) is 5. The Morgan fingerprint density at radius 3 is 2.75 bits per heavy atom. The van der Waals surface area contributed by atoms with Gasteiger partial charge in [-0.3, -0.25) is 16.0 Å². The second-order valence-electron chi connectivity index (χ2n) is 4.36. The van der Waals surface area contributed by atoms with Crippen LogP contribution in [0.25, 0.3) is 0 Å². The van der Waals surface area contributed by atoms with Gasteiger partial charge in [0.05, 0.1) is 4.92 Å².